The van der Waals surface area contributed by atoms with Crippen molar-refractivity contribution < 1.29 is 9.59 Å². The normalized spacial score (nSPS) is 19.8. The fourth-order valence-electron chi connectivity index (χ4n) is 3.56. The minimum Gasteiger partial charge on any atom is -0.340 e. The van der Waals surface area contributed by atoms with Crippen molar-refractivity contribution in [3.63, 3.8) is 0 Å². The van der Waals surface area contributed by atoms with E-state index in [-0.39, 0.29) is 23.5 Å². The highest BCUT2D eigenvalue weighted by Crippen LogP contribution is 2.36. The molecule has 28 heavy (non-hydrogen) atoms. The lowest BCUT2D eigenvalue weighted by Gasteiger charge is -2.35. The van der Waals surface area contributed by atoms with Crippen molar-refractivity contribution in [2.45, 2.75) is 23.1 Å². The Balaban J connectivity index is 1.29. The molecule has 1 saturated heterocycles. The number of anilines is 1. The Hall–Kier alpha value is -2.02. The number of fused-ring (bicyclic) bond motifs is 1. The van der Waals surface area contributed by atoms with Gasteiger partial charge >= 0.3 is 0 Å². The number of nitrogens with zero attached hydrogens (tertiary/aromatic N) is 2. The molecule has 0 unspecified atom stereocenters. The van der Waals surface area contributed by atoms with Crippen LogP contribution in [0.5, 0.6) is 0 Å². The number of halogens is 1. The first-order chi connectivity index (χ1) is 13.6. The molecule has 0 spiro atoms. The molecule has 1 atom stereocenters. The first kappa shape index (κ1) is 19.3. The Bertz CT molecular complexity index is 883. The number of carbonyl (C=O) groups excluding carboxylic acids is 2. The van der Waals surface area contributed by atoms with Crippen molar-refractivity contribution in [1.82, 2.24) is 9.80 Å². The monoisotopic (exact) mass is 415 g/mol. The van der Waals surface area contributed by atoms with Crippen LogP contribution in [0.15, 0.2) is 53.4 Å². The van der Waals surface area contributed by atoms with Crippen LogP contribution in [0.4, 0.5) is 5.69 Å². The molecule has 0 aromatic heterocycles. The Morgan fingerprint density at radius 1 is 1.11 bits per heavy atom. The van der Waals surface area contributed by atoms with Gasteiger partial charge in [-0.2, -0.15) is 0 Å². The first-order valence-corrected chi connectivity index (χ1v) is 10.7. The SMILES string of the molecule is O=C1Nc2ccccc2S[C@@H]1CC(=O)N1CCN(Cc2cccc(Cl)c2)CC1. The molecule has 2 heterocycles. The van der Waals surface area contributed by atoms with E-state index in [4.69, 9.17) is 11.6 Å². The number of thioether (sulfide) groups is 1. The summed E-state index contributed by atoms with van der Waals surface area (Å²) in [6.45, 7) is 3.86. The molecule has 2 aromatic carbocycles. The average Bonchev–Trinajstić information content (AvgIpc) is 2.69. The van der Waals surface area contributed by atoms with Gasteiger partial charge in [0, 0.05) is 49.1 Å². The number of rotatable bonds is 4. The van der Waals surface area contributed by atoms with E-state index in [9.17, 15) is 9.59 Å². The Labute approximate surface area is 174 Å². The van der Waals surface area contributed by atoms with Gasteiger partial charge in [-0.1, -0.05) is 35.9 Å². The van der Waals surface area contributed by atoms with Gasteiger partial charge in [0.1, 0.15) is 0 Å². The predicted octanol–water partition coefficient (Wildman–Crippen LogP) is 3.49. The van der Waals surface area contributed by atoms with Gasteiger partial charge in [-0.05, 0) is 29.8 Å². The van der Waals surface area contributed by atoms with E-state index in [2.05, 4.69) is 16.3 Å². The van der Waals surface area contributed by atoms with E-state index in [0.717, 1.165) is 35.2 Å². The molecule has 2 aliphatic rings. The number of nitrogens with one attached hydrogen (secondary N) is 1. The van der Waals surface area contributed by atoms with Crippen molar-refractivity contribution >= 4 is 40.9 Å². The maximum Gasteiger partial charge on any atom is 0.238 e. The molecule has 7 heteroatoms. The summed E-state index contributed by atoms with van der Waals surface area (Å²) in [5.74, 6) is -0.0360. The van der Waals surface area contributed by atoms with Gasteiger partial charge in [0.15, 0.2) is 0 Å². The summed E-state index contributed by atoms with van der Waals surface area (Å²) in [5.41, 5.74) is 2.01. The quantitative estimate of drug-likeness (QED) is 0.830. The zero-order chi connectivity index (χ0) is 19.5. The molecule has 4 rings (SSSR count). The molecule has 0 aliphatic carbocycles. The summed E-state index contributed by atoms with van der Waals surface area (Å²) in [6.07, 6.45) is 0.235. The minimum atomic E-state index is -0.369. The number of amides is 2. The van der Waals surface area contributed by atoms with Gasteiger partial charge in [0.25, 0.3) is 0 Å². The van der Waals surface area contributed by atoms with Crippen LogP contribution in [0.2, 0.25) is 5.02 Å². The highest BCUT2D eigenvalue weighted by atomic mass is 35.5. The largest absolute Gasteiger partial charge is 0.340 e. The van der Waals surface area contributed by atoms with Crippen LogP contribution in [0, 0.1) is 0 Å². The minimum absolute atomic E-state index is 0.0504. The molecular formula is C21H22ClN3O2S. The fraction of sp³-hybridized carbons (Fsp3) is 0.333. The lowest BCUT2D eigenvalue weighted by atomic mass is 10.2. The molecule has 146 valence electrons. The third kappa shape index (κ3) is 4.51. The van der Waals surface area contributed by atoms with Crippen LogP contribution in [0.25, 0.3) is 0 Å². The van der Waals surface area contributed by atoms with Crippen molar-refractivity contribution in [1.29, 1.82) is 0 Å². The number of hydrogen-bond acceptors (Lipinski definition) is 4. The molecule has 2 amide bonds. The van der Waals surface area contributed by atoms with Gasteiger partial charge in [-0.25, -0.2) is 0 Å². The van der Waals surface area contributed by atoms with Crippen molar-refractivity contribution in [2.75, 3.05) is 31.5 Å². The van der Waals surface area contributed by atoms with Gasteiger partial charge in [0.2, 0.25) is 11.8 Å². The van der Waals surface area contributed by atoms with E-state index in [1.807, 2.05) is 47.4 Å². The topological polar surface area (TPSA) is 52.7 Å². The van der Waals surface area contributed by atoms with Gasteiger partial charge in [-0.3, -0.25) is 14.5 Å². The van der Waals surface area contributed by atoms with Crippen LogP contribution in [0.1, 0.15) is 12.0 Å². The number of benzene rings is 2. The summed E-state index contributed by atoms with van der Waals surface area (Å²) < 4.78 is 0. The molecule has 1 N–H and O–H groups in total. The molecule has 5 nitrogen and oxygen atoms in total. The highest BCUT2D eigenvalue weighted by Gasteiger charge is 2.31. The van der Waals surface area contributed by atoms with Gasteiger partial charge in [0.05, 0.1) is 10.9 Å². The van der Waals surface area contributed by atoms with Crippen molar-refractivity contribution in [3.05, 3.63) is 59.1 Å². The third-order valence-corrected chi connectivity index (χ3v) is 6.60. The maximum absolute atomic E-state index is 12.7. The van der Waals surface area contributed by atoms with Crippen LogP contribution in [0.3, 0.4) is 0 Å². The van der Waals surface area contributed by atoms with E-state index < -0.39 is 0 Å². The van der Waals surface area contributed by atoms with Crippen LogP contribution in [-0.2, 0) is 16.1 Å². The Kier molecular flexibility index (Phi) is 5.90. The van der Waals surface area contributed by atoms with Crippen LogP contribution < -0.4 is 5.32 Å². The second kappa shape index (κ2) is 8.55. The van der Waals surface area contributed by atoms with Gasteiger partial charge in [-0.15, -0.1) is 11.8 Å². The second-order valence-corrected chi connectivity index (χ2v) is 8.76. The summed E-state index contributed by atoms with van der Waals surface area (Å²) >= 11 is 7.54. The molecule has 2 aliphatic heterocycles. The maximum atomic E-state index is 12.7. The Morgan fingerprint density at radius 3 is 2.68 bits per heavy atom. The van der Waals surface area contributed by atoms with E-state index in [0.29, 0.717) is 13.1 Å². The predicted molar refractivity (Wildman–Crippen MR) is 113 cm³/mol. The van der Waals surface area contributed by atoms with E-state index in [1.54, 1.807) is 0 Å². The number of para-hydroxylation sites is 1. The van der Waals surface area contributed by atoms with Crippen molar-refractivity contribution in [2.24, 2.45) is 0 Å². The molecule has 2 aromatic rings. The zero-order valence-electron chi connectivity index (χ0n) is 15.4. The molecular weight excluding hydrogens is 394 g/mol. The summed E-state index contributed by atoms with van der Waals surface area (Å²) in [5, 5.41) is 3.29. The molecule has 0 bridgehead atoms. The summed E-state index contributed by atoms with van der Waals surface area (Å²) in [4.78, 5) is 30.3. The smallest absolute Gasteiger partial charge is 0.238 e. The lowest BCUT2D eigenvalue weighted by Crippen LogP contribution is -2.49. The van der Waals surface area contributed by atoms with Gasteiger partial charge < -0.3 is 10.2 Å². The van der Waals surface area contributed by atoms with Crippen LogP contribution in [-0.4, -0.2) is 53.0 Å². The Morgan fingerprint density at radius 2 is 1.89 bits per heavy atom. The lowest BCUT2D eigenvalue weighted by molar-refractivity contribution is -0.134. The van der Waals surface area contributed by atoms with Crippen LogP contribution >= 0.6 is 23.4 Å². The molecule has 1 fully saturated rings. The second-order valence-electron chi connectivity index (χ2n) is 7.08. The third-order valence-electron chi connectivity index (χ3n) is 5.09. The fourth-order valence-corrected chi connectivity index (χ4v) is 4.88. The van der Waals surface area contributed by atoms with E-state index >= 15 is 0 Å². The average molecular weight is 416 g/mol. The number of carbonyl (C=O) groups is 2. The van der Waals surface area contributed by atoms with E-state index in [1.165, 1.54) is 17.3 Å². The molecule has 0 saturated carbocycles. The zero-order valence-corrected chi connectivity index (χ0v) is 17.0. The standard InChI is InChI=1S/C21H22ClN3O2S/c22-16-5-3-4-15(12-16)14-24-8-10-25(11-9-24)20(26)13-19-21(27)23-17-6-1-2-7-18(17)28-19/h1-7,12,19H,8-11,13-14H2,(H,23,27)/t19-/m1/s1. The number of hydrogen-bond donors (Lipinski definition) is 1. The van der Waals surface area contributed by atoms with Crippen molar-refractivity contribution in [3.8, 4) is 0 Å². The highest BCUT2D eigenvalue weighted by molar-refractivity contribution is 8.01. The summed E-state index contributed by atoms with van der Waals surface area (Å²) in [6, 6.07) is 15.6. The summed E-state index contributed by atoms with van der Waals surface area (Å²) in [7, 11) is 0. The molecule has 0 radical (unpaired) electrons. The first-order valence-electron chi connectivity index (χ1n) is 9.39. The number of piperazine rings is 1.